The molecule has 7 heteroatoms. The van der Waals surface area contributed by atoms with Crippen molar-refractivity contribution in [3.05, 3.63) is 63.0 Å². The summed E-state index contributed by atoms with van der Waals surface area (Å²) < 4.78 is 0.924. The number of aromatic hydroxyl groups is 2. The lowest BCUT2D eigenvalue weighted by Crippen LogP contribution is -2.27. The highest BCUT2D eigenvalue weighted by Crippen LogP contribution is 2.34. The number of phenolic OH excluding ortho intramolecular Hbond substituents is 2. The van der Waals surface area contributed by atoms with Gasteiger partial charge >= 0.3 is 0 Å². The molecule has 1 aliphatic heterocycles. The van der Waals surface area contributed by atoms with Crippen molar-refractivity contribution < 1.29 is 19.8 Å². The van der Waals surface area contributed by atoms with Crippen LogP contribution >= 0.6 is 27.7 Å². The van der Waals surface area contributed by atoms with Crippen molar-refractivity contribution in [1.29, 1.82) is 0 Å². The fraction of sp³-hybridized carbons (Fsp3) is 0.0588. The molecule has 24 heavy (non-hydrogen) atoms. The summed E-state index contributed by atoms with van der Waals surface area (Å²) in [6.07, 6.45) is 1.52. The second kappa shape index (κ2) is 6.70. The molecule has 2 N–H and O–H groups in total. The molecule has 2 amide bonds. The molecule has 5 nitrogen and oxygen atoms in total. The van der Waals surface area contributed by atoms with Crippen LogP contribution in [-0.4, -0.2) is 26.3 Å². The molecule has 0 spiro atoms. The Kier molecular flexibility index (Phi) is 4.64. The van der Waals surface area contributed by atoms with Crippen molar-refractivity contribution in [1.82, 2.24) is 4.90 Å². The van der Waals surface area contributed by atoms with Crippen molar-refractivity contribution in [2.45, 2.75) is 6.54 Å². The monoisotopic (exact) mass is 405 g/mol. The number of hydrogen-bond acceptors (Lipinski definition) is 5. The third kappa shape index (κ3) is 3.47. The summed E-state index contributed by atoms with van der Waals surface area (Å²) in [4.78, 5) is 26.0. The Morgan fingerprint density at radius 2 is 1.75 bits per heavy atom. The van der Waals surface area contributed by atoms with E-state index in [4.69, 9.17) is 0 Å². The molecule has 0 aromatic heterocycles. The van der Waals surface area contributed by atoms with Crippen LogP contribution in [0.5, 0.6) is 11.5 Å². The molecule has 0 saturated carbocycles. The van der Waals surface area contributed by atoms with Crippen molar-refractivity contribution in [2.24, 2.45) is 0 Å². The van der Waals surface area contributed by atoms with E-state index in [1.54, 1.807) is 6.07 Å². The molecule has 3 rings (SSSR count). The van der Waals surface area contributed by atoms with E-state index in [0.717, 1.165) is 21.8 Å². The molecule has 0 unspecified atom stereocenters. The maximum absolute atomic E-state index is 12.4. The lowest BCUT2D eigenvalue weighted by Gasteiger charge is -2.12. The first-order valence-electron chi connectivity index (χ1n) is 6.96. The maximum atomic E-state index is 12.4. The number of amides is 2. The summed E-state index contributed by atoms with van der Waals surface area (Å²) in [6, 6.07) is 11.6. The van der Waals surface area contributed by atoms with Crippen LogP contribution in [0.25, 0.3) is 6.08 Å². The Hall–Kier alpha value is -2.25. The molecule has 2 aromatic carbocycles. The van der Waals surface area contributed by atoms with Crippen LogP contribution in [0, 0.1) is 0 Å². The lowest BCUT2D eigenvalue weighted by atomic mass is 10.2. The van der Waals surface area contributed by atoms with Gasteiger partial charge in [0.2, 0.25) is 0 Å². The van der Waals surface area contributed by atoms with Gasteiger partial charge in [-0.1, -0.05) is 34.1 Å². The summed E-state index contributed by atoms with van der Waals surface area (Å²) in [5.74, 6) is -0.895. The van der Waals surface area contributed by atoms with Gasteiger partial charge in [0.25, 0.3) is 11.1 Å². The average Bonchev–Trinajstić information content (AvgIpc) is 2.80. The highest BCUT2D eigenvalue weighted by Gasteiger charge is 2.34. The third-order valence-electron chi connectivity index (χ3n) is 3.42. The van der Waals surface area contributed by atoms with Gasteiger partial charge in [-0.15, -0.1) is 0 Å². The highest BCUT2D eigenvalue weighted by molar-refractivity contribution is 9.10. The summed E-state index contributed by atoms with van der Waals surface area (Å²) in [5.41, 5.74) is 1.38. The van der Waals surface area contributed by atoms with Gasteiger partial charge in [0, 0.05) is 4.47 Å². The fourth-order valence-electron chi connectivity index (χ4n) is 2.19. The highest BCUT2D eigenvalue weighted by atomic mass is 79.9. The number of phenols is 2. The Labute approximate surface area is 150 Å². The number of carbonyl (C=O) groups excluding carboxylic acids is 2. The number of nitrogens with zero attached hydrogens (tertiary/aromatic N) is 1. The van der Waals surface area contributed by atoms with Crippen LogP contribution in [0.1, 0.15) is 11.1 Å². The van der Waals surface area contributed by atoms with E-state index in [1.165, 1.54) is 23.1 Å². The van der Waals surface area contributed by atoms with Gasteiger partial charge in [0.1, 0.15) is 0 Å². The van der Waals surface area contributed by atoms with Crippen LogP contribution in [-0.2, 0) is 11.3 Å². The van der Waals surface area contributed by atoms with Crippen LogP contribution in [0.2, 0.25) is 0 Å². The molecule has 2 aromatic rings. The van der Waals surface area contributed by atoms with Crippen molar-refractivity contribution in [3.8, 4) is 11.5 Å². The molecule has 122 valence electrons. The molecule has 1 heterocycles. The molecule has 0 radical (unpaired) electrons. The fourth-order valence-corrected chi connectivity index (χ4v) is 3.29. The molecule has 0 bridgehead atoms. The summed E-state index contributed by atoms with van der Waals surface area (Å²) in [5, 5.41) is 18.5. The van der Waals surface area contributed by atoms with Crippen LogP contribution in [0.15, 0.2) is 51.8 Å². The second-order valence-corrected chi connectivity index (χ2v) is 7.05. The zero-order valence-corrected chi connectivity index (χ0v) is 14.7. The van der Waals surface area contributed by atoms with Gasteiger partial charge in [-0.05, 0) is 53.2 Å². The van der Waals surface area contributed by atoms with Gasteiger partial charge in [0.05, 0.1) is 11.4 Å². The molecule has 1 fully saturated rings. The number of benzene rings is 2. The Morgan fingerprint density at radius 3 is 2.42 bits per heavy atom. The smallest absolute Gasteiger partial charge is 0.293 e. The van der Waals surface area contributed by atoms with Gasteiger partial charge < -0.3 is 10.2 Å². The molecular formula is C17H12BrNO4S. The number of imide groups is 1. The Morgan fingerprint density at radius 1 is 1.04 bits per heavy atom. The van der Waals surface area contributed by atoms with E-state index in [1.807, 2.05) is 24.3 Å². The minimum atomic E-state index is -0.375. The first kappa shape index (κ1) is 16.6. The Balaban J connectivity index is 1.81. The van der Waals surface area contributed by atoms with Gasteiger partial charge in [0.15, 0.2) is 11.5 Å². The second-order valence-electron chi connectivity index (χ2n) is 5.14. The van der Waals surface area contributed by atoms with E-state index >= 15 is 0 Å². The number of thioether (sulfide) groups is 1. The zero-order chi connectivity index (χ0) is 17.3. The molecular weight excluding hydrogens is 394 g/mol. The molecule has 1 aliphatic rings. The SMILES string of the molecule is O=C1S/C(=C/c2ccc(O)c(O)c2)C(=O)N1Cc1ccc(Br)cc1. The van der Waals surface area contributed by atoms with Crippen molar-refractivity contribution >= 4 is 44.9 Å². The minimum Gasteiger partial charge on any atom is -0.504 e. The van der Waals surface area contributed by atoms with Crippen LogP contribution < -0.4 is 0 Å². The first-order chi connectivity index (χ1) is 11.4. The normalized spacial score (nSPS) is 16.2. The van der Waals surface area contributed by atoms with Crippen molar-refractivity contribution in [3.63, 3.8) is 0 Å². The number of halogens is 1. The number of hydrogen-bond donors (Lipinski definition) is 2. The Bertz CT molecular complexity index is 848. The van der Waals surface area contributed by atoms with Gasteiger partial charge in [-0.2, -0.15) is 0 Å². The quantitative estimate of drug-likeness (QED) is 0.593. The van der Waals surface area contributed by atoms with Gasteiger partial charge in [-0.3, -0.25) is 14.5 Å². The number of rotatable bonds is 3. The molecule has 0 atom stereocenters. The standard InChI is InChI=1S/C17H12BrNO4S/c18-12-4-1-10(2-5-12)9-19-16(22)15(24-17(19)23)8-11-3-6-13(20)14(21)7-11/h1-8,20-21H,9H2/b15-8+. The summed E-state index contributed by atoms with van der Waals surface area (Å²) in [7, 11) is 0. The van der Waals surface area contributed by atoms with E-state index < -0.39 is 0 Å². The summed E-state index contributed by atoms with van der Waals surface area (Å²) >= 11 is 4.19. The lowest BCUT2D eigenvalue weighted by molar-refractivity contribution is -0.123. The van der Waals surface area contributed by atoms with Crippen LogP contribution in [0.4, 0.5) is 4.79 Å². The van der Waals surface area contributed by atoms with Gasteiger partial charge in [-0.25, -0.2) is 0 Å². The minimum absolute atomic E-state index is 0.204. The predicted molar refractivity (Wildman–Crippen MR) is 95.4 cm³/mol. The zero-order valence-electron chi connectivity index (χ0n) is 12.3. The van der Waals surface area contributed by atoms with E-state index in [0.29, 0.717) is 5.56 Å². The van der Waals surface area contributed by atoms with E-state index in [2.05, 4.69) is 15.9 Å². The molecule has 0 aliphatic carbocycles. The summed E-state index contributed by atoms with van der Waals surface area (Å²) in [6.45, 7) is 0.204. The third-order valence-corrected chi connectivity index (χ3v) is 4.86. The van der Waals surface area contributed by atoms with Crippen molar-refractivity contribution in [2.75, 3.05) is 0 Å². The average molecular weight is 406 g/mol. The molecule has 1 saturated heterocycles. The van der Waals surface area contributed by atoms with E-state index in [9.17, 15) is 19.8 Å². The number of carbonyl (C=O) groups is 2. The predicted octanol–water partition coefficient (Wildman–Crippen LogP) is 4.10. The van der Waals surface area contributed by atoms with E-state index in [-0.39, 0.29) is 34.1 Å². The van der Waals surface area contributed by atoms with Crippen LogP contribution in [0.3, 0.4) is 0 Å². The maximum Gasteiger partial charge on any atom is 0.293 e. The largest absolute Gasteiger partial charge is 0.504 e. The topological polar surface area (TPSA) is 77.8 Å². The first-order valence-corrected chi connectivity index (χ1v) is 8.57.